The van der Waals surface area contributed by atoms with E-state index in [9.17, 15) is 31.1 Å². The van der Waals surface area contributed by atoms with Crippen LogP contribution in [0.5, 0.6) is 0 Å². The molecule has 0 unspecified atom stereocenters. The minimum absolute atomic E-state index is 0.0362. The number of benzene rings is 1. The molecule has 0 aromatic heterocycles. The summed E-state index contributed by atoms with van der Waals surface area (Å²) in [5.41, 5.74) is 0.0362. The van der Waals surface area contributed by atoms with Crippen LogP contribution in [0.15, 0.2) is 42.5 Å². The van der Waals surface area contributed by atoms with Crippen molar-refractivity contribution in [1.82, 2.24) is 0 Å². The number of alkyl halides is 6. The Labute approximate surface area is 123 Å². The maximum absolute atomic E-state index is 12.6. The van der Waals surface area contributed by atoms with E-state index in [1.54, 1.807) is 6.07 Å². The summed E-state index contributed by atoms with van der Waals surface area (Å²) in [5.74, 6) is -2.05. The summed E-state index contributed by atoms with van der Waals surface area (Å²) in [4.78, 5) is 11.9. The fourth-order valence-corrected chi connectivity index (χ4v) is 1.65. The van der Waals surface area contributed by atoms with E-state index in [2.05, 4.69) is 0 Å². The van der Waals surface area contributed by atoms with Crippen LogP contribution in [0.2, 0.25) is 0 Å². The summed E-state index contributed by atoms with van der Waals surface area (Å²) < 4.78 is 73.5. The van der Waals surface area contributed by atoms with E-state index >= 15 is 0 Å². The lowest BCUT2D eigenvalue weighted by Gasteiger charge is -2.23. The van der Waals surface area contributed by atoms with Gasteiger partial charge in [0.2, 0.25) is 0 Å². The first-order valence-electron chi connectivity index (χ1n) is 6.27. The molecule has 8 heteroatoms. The number of anilines is 1. The molecule has 0 N–H and O–H groups in total. The second kappa shape index (κ2) is 7.33. The molecule has 22 heavy (non-hydrogen) atoms. The molecule has 2 nitrogen and oxygen atoms in total. The lowest BCUT2D eigenvalue weighted by atomic mass is 10.2. The molecule has 0 saturated carbocycles. The lowest BCUT2D eigenvalue weighted by molar-refractivity contribution is -0.170. The largest absolute Gasteiger partial charge is 0.471 e. The highest BCUT2D eigenvalue weighted by atomic mass is 19.4. The van der Waals surface area contributed by atoms with E-state index in [0.29, 0.717) is 4.90 Å². The number of carbonyl (C=O) groups is 1. The average Bonchev–Trinajstić information content (AvgIpc) is 2.41. The van der Waals surface area contributed by atoms with Gasteiger partial charge in [0.15, 0.2) is 0 Å². The van der Waals surface area contributed by atoms with Gasteiger partial charge in [-0.1, -0.05) is 30.4 Å². The number of para-hydroxylation sites is 1. The summed E-state index contributed by atoms with van der Waals surface area (Å²) in [5, 5.41) is 0. The van der Waals surface area contributed by atoms with Crippen molar-refractivity contribution in [3.63, 3.8) is 0 Å². The molecule has 0 spiro atoms. The van der Waals surface area contributed by atoms with Gasteiger partial charge >= 0.3 is 18.3 Å². The van der Waals surface area contributed by atoms with Crippen LogP contribution in [0.1, 0.15) is 12.8 Å². The Morgan fingerprint density at radius 1 is 1.00 bits per heavy atom. The molecule has 0 aliphatic rings. The molecule has 0 atom stereocenters. The maximum Gasteiger partial charge on any atom is 0.471 e. The van der Waals surface area contributed by atoms with Gasteiger partial charge in [0.05, 0.1) is 6.42 Å². The van der Waals surface area contributed by atoms with Gasteiger partial charge in [0.1, 0.15) is 0 Å². The van der Waals surface area contributed by atoms with E-state index in [0.717, 1.165) is 12.2 Å². The molecule has 0 heterocycles. The van der Waals surface area contributed by atoms with E-state index in [-0.39, 0.29) is 18.7 Å². The summed E-state index contributed by atoms with van der Waals surface area (Å²) in [7, 11) is 0. The zero-order valence-corrected chi connectivity index (χ0v) is 11.3. The number of hydrogen-bond donors (Lipinski definition) is 0. The van der Waals surface area contributed by atoms with Gasteiger partial charge < -0.3 is 4.90 Å². The van der Waals surface area contributed by atoms with Gasteiger partial charge in [-0.05, 0) is 18.6 Å². The van der Waals surface area contributed by atoms with Gasteiger partial charge in [0.25, 0.3) is 0 Å². The first-order chi connectivity index (χ1) is 10.1. The van der Waals surface area contributed by atoms with Crippen LogP contribution in [0.3, 0.4) is 0 Å². The van der Waals surface area contributed by atoms with E-state index < -0.39 is 24.7 Å². The van der Waals surface area contributed by atoms with Gasteiger partial charge in [-0.25, -0.2) is 0 Å². The normalized spacial score (nSPS) is 12.6. The number of carbonyl (C=O) groups excluding carboxylic acids is 1. The third-order valence-electron chi connectivity index (χ3n) is 2.59. The van der Waals surface area contributed by atoms with Crippen LogP contribution in [0.25, 0.3) is 0 Å². The van der Waals surface area contributed by atoms with Crippen LogP contribution in [0, 0.1) is 0 Å². The van der Waals surface area contributed by atoms with Gasteiger partial charge in [-0.15, -0.1) is 0 Å². The maximum atomic E-state index is 12.6. The lowest BCUT2D eigenvalue weighted by Crippen LogP contribution is -2.41. The third-order valence-corrected chi connectivity index (χ3v) is 2.59. The first kappa shape index (κ1) is 18.1. The molecular formula is C14H13F6NO. The Kier molecular flexibility index (Phi) is 6.01. The summed E-state index contributed by atoms with van der Waals surface area (Å²) in [6, 6.07) is 7.14. The number of allylic oxidation sites excluding steroid dienone is 1. The predicted octanol–water partition coefficient (Wildman–Crippen LogP) is 4.48. The van der Waals surface area contributed by atoms with Crippen molar-refractivity contribution in [2.45, 2.75) is 25.2 Å². The Morgan fingerprint density at radius 3 is 2.09 bits per heavy atom. The molecule has 0 aliphatic heterocycles. The molecule has 0 radical (unpaired) electrons. The highest BCUT2D eigenvalue weighted by Gasteiger charge is 2.42. The minimum atomic E-state index is -5.05. The summed E-state index contributed by atoms with van der Waals surface area (Å²) in [6.07, 6.45) is -8.77. The predicted molar refractivity (Wildman–Crippen MR) is 69.3 cm³/mol. The van der Waals surface area contributed by atoms with Gasteiger partial charge in [-0.3, -0.25) is 4.79 Å². The Bertz CT molecular complexity index is 506. The highest BCUT2D eigenvalue weighted by molar-refractivity contribution is 5.97. The molecule has 1 amide bonds. The first-order valence-corrected chi connectivity index (χ1v) is 6.27. The number of amides is 1. The quantitative estimate of drug-likeness (QED) is 0.577. The molecule has 1 rings (SSSR count). The van der Waals surface area contributed by atoms with Crippen LogP contribution >= 0.6 is 0 Å². The van der Waals surface area contributed by atoms with E-state index in [1.165, 1.54) is 24.3 Å². The van der Waals surface area contributed by atoms with Crippen molar-refractivity contribution in [3.05, 3.63) is 42.5 Å². The second-order valence-electron chi connectivity index (χ2n) is 4.37. The van der Waals surface area contributed by atoms with Crippen LogP contribution < -0.4 is 4.90 Å². The second-order valence-corrected chi connectivity index (χ2v) is 4.37. The van der Waals surface area contributed by atoms with Crippen molar-refractivity contribution in [3.8, 4) is 0 Å². The molecule has 0 saturated heterocycles. The number of nitrogens with zero attached hydrogens (tertiary/aromatic N) is 1. The Hall–Kier alpha value is -1.99. The zero-order chi connectivity index (χ0) is 16.8. The van der Waals surface area contributed by atoms with Crippen LogP contribution in [-0.4, -0.2) is 24.8 Å². The zero-order valence-electron chi connectivity index (χ0n) is 11.3. The van der Waals surface area contributed by atoms with Crippen molar-refractivity contribution in [2.24, 2.45) is 0 Å². The monoisotopic (exact) mass is 325 g/mol. The molecule has 0 bridgehead atoms. The summed E-state index contributed by atoms with van der Waals surface area (Å²) >= 11 is 0. The summed E-state index contributed by atoms with van der Waals surface area (Å²) in [6.45, 7) is -0.364. The molecule has 0 aliphatic carbocycles. The van der Waals surface area contributed by atoms with Crippen molar-refractivity contribution in [2.75, 3.05) is 11.4 Å². The van der Waals surface area contributed by atoms with Crippen molar-refractivity contribution >= 4 is 11.6 Å². The standard InChI is InChI=1S/C14H13F6NO/c15-13(16,17)9-5-2-6-10-21(12(22)14(18,19)20)11-7-3-1-4-8-11/h1-5,7-8H,6,9-10H2/b5-2+. The Balaban J connectivity index is 2.74. The molecule has 1 aromatic carbocycles. The van der Waals surface area contributed by atoms with Crippen molar-refractivity contribution in [1.29, 1.82) is 0 Å². The number of hydrogen-bond acceptors (Lipinski definition) is 1. The fraction of sp³-hybridized carbons (Fsp3) is 0.357. The van der Waals surface area contributed by atoms with Crippen LogP contribution in [0.4, 0.5) is 32.0 Å². The molecular weight excluding hydrogens is 312 g/mol. The topological polar surface area (TPSA) is 20.3 Å². The molecule has 0 fully saturated rings. The SMILES string of the molecule is O=C(N(CC/C=C/CC(F)(F)F)c1ccccc1)C(F)(F)F. The van der Waals surface area contributed by atoms with Gasteiger partial charge in [-0.2, -0.15) is 26.3 Å². The fourth-order valence-electron chi connectivity index (χ4n) is 1.65. The Morgan fingerprint density at radius 2 is 1.59 bits per heavy atom. The van der Waals surface area contributed by atoms with Crippen molar-refractivity contribution < 1.29 is 31.1 Å². The number of halogens is 6. The van der Waals surface area contributed by atoms with E-state index in [1.807, 2.05) is 0 Å². The molecule has 122 valence electrons. The van der Waals surface area contributed by atoms with Gasteiger partial charge in [0, 0.05) is 12.2 Å². The third kappa shape index (κ3) is 6.19. The minimum Gasteiger partial charge on any atom is -0.304 e. The smallest absolute Gasteiger partial charge is 0.304 e. The molecule has 1 aromatic rings. The van der Waals surface area contributed by atoms with E-state index in [4.69, 9.17) is 0 Å². The average molecular weight is 325 g/mol. The van der Waals surface area contributed by atoms with Crippen LogP contribution in [-0.2, 0) is 4.79 Å². The highest BCUT2D eigenvalue weighted by Crippen LogP contribution is 2.24. The number of rotatable bonds is 5.